The van der Waals surface area contributed by atoms with Crippen LogP contribution in [0.2, 0.25) is 0 Å². The van der Waals surface area contributed by atoms with Crippen molar-refractivity contribution < 1.29 is 9.84 Å². The summed E-state index contributed by atoms with van der Waals surface area (Å²) in [4.78, 5) is 0. The molecule has 3 aliphatic rings. The molecular formula is C13H22O2S. The van der Waals surface area contributed by atoms with Gasteiger partial charge in [0.2, 0.25) is 0 Å². The smallest absolute Gasteiger partial charge is 0.0783 e. The Hall–Kier alpha value is 0.270. The van der Waals surface area contributed by atoms with E-state index in [1.54, 1.807) is 0 Å². The first-order chi connectivity index (χ1) is 7.77. The van der Waals surface area contributed by atoms with Gasteiger partial charge in [0.15, 0.2) is 0 Å². The minimum Gasteiger partial charge on any atom is -0.393 e. The van der Waals surface area contributed by atoms with Gasteiger partial charge in [-0.3, -0.25) is 0 Å². The molecule has 0 amide bonds. The molecule has 0 aromatic heterocycles. The van der Waals surface area contributed by atoms with Gasteiger partial charge >= 0.3 is 0 Å². The van der Waals surface area contributed by atoms with Gasteiger partial charge in [-0.25, -0.2) is 0 Å². The monoisotopic (exact) mass is 242 g/mol. The maximum absolute atomic E-state index is 10.0. The molecule has 16 heavy (non-hydrogen) atoms. The fraction of sp³-hybridized carbons (Fsp3) is 1.00. The first-order valence-electron chi connectivity index (χ1n) is 6.67. The molecule has 1 N–H and O–H groups in total. The second-order valence-electron chi connectivity index (χ2n) is 5.83. The van der Waals surface area contributed by atoms with Gasteiger partial charge in [0.1, 0.15) is 0 Å². The predicted molar refractivity (Wildman–Crippen MR) is 66.7 cm³/mol. The van der Waals surface area contributed by atoms with Crippen LogP contribution in [0.25, 0.3) is 0 Å². The van der Waals surface area contributed by atoms with E-state index in [1.165, 1.54) is 37.2 Å². The highest BCUT2D eigenvalue weighted by Crippen LogP contribution is 2.43. The standard InChI is InChI=1S/C13H22O2S/c14-12(11-1-2-11)7-10-3-5-15-13(8-10)4-6-16-9-13/h10-12,14H,1-9H2. The lowest BCUT2D eigenvalue weighted by molar-refractivity contribution is -0.0862. The van der Waals surface area contributed by atoms with Gasteiger partial charge in [-0.05, 0) is 56.1 Å². The summed E-state index contributed by atoms with van der Waals surface area (Å²) in [6.45, 7) is 0.919. The van der Waals surface area contributed by atoms with Gasteiger partial charge in [-0.15, -0.1) is 0 Å². The Morgan fingerprint density at radius 1 is 1.38 bits per heavy atom. The van der Waals surface area contributed by atoms with Crippen molar-refractivity contribution in [2.24, 2.45) is 11.8 Å². The third-order valence-corrected chi connectivity index (χ3v) is 5.63. The van der Waals surface area contributed by atoms with Crippen LogP contribution in [0.1, 0.15) is 38.5 Å². The van der Waals surface area contributed by atoms with Crippen LogP contribution in [0.3, 0.4) is 0 Å². The molecule has 2 heterocycles. The van der Waals surface area contributed by atoms with Gasteiger partial charge in [-0.1, -0.05) is 0 Å². The summed E-state index contributed by atoms with van der Waals surface area (Å²) in [6, 6.07) is 0. The van der Waals surface area contributed by atoms with E-state index >= 15 is 0 Å². The molecule has 2 saturated heterocycles. The van der Waals surface area contributed by atoms with E-state index in [0.717, 1.165) is 19.4 Å². The number of hydrogen-bond acceptors (Lipinski definition) is 3. The Morgan fingerprint density at radius 3 is 2.94 bits per heavy atom. The first kappa shape index (κ1) is 11.4. The minimum absolute atomic E-state index is 0.0193. The molecule has 3 rings (SSSR count). The quantitative estimate of drug-likeness (QED) is 0.824. The van der Waals surface area contributed by atoms with Crippen LogP contribution in [-0.2, 0) is 4.74 Å². The van der Waals surface area contributed by atoms with Gasteiger partial charge in [0.25, 0.3) is 0 Å². The summed E-state index contributed by atoms with van der Waals surface area (Å²) < 4.78 is 6.01. The summed E-state index contributed by atoms with van der Waals surface area (Å²) in [6.07, 6.45) is 7.11. The fourth-order valence-electron chi connectivity index (χ4n) is 3.21. The van der Waals surface area contributed by atoms with Crippen LogP contribution in [0, 0.1) is 11.8 Å². The summed E-state index contributed by atoms with van der Waals surface area (Å²) in [5.41, 5.74) is 0.191. The lowest BCUT2D eigenvalue weighted by Crippen LogP contribution is -2.40. The van der Waals surface area contributed by atoms with E-state index in [1.807, 2.05) is 11.8 Å². The summed E-state index contributed by atoms with van der Waals surface area (Å²) in [5, 5.41) is 10.0. The maximum atomic E-state index is 10.0. The molecule has 92 valence electrons. The Balaban J connectivity index is 1.54. The largest absolute Gasteiger partial charge is 0.393 e. The zero-order valence-corrected chi connectivity index (χ0v) is 10.7. The van der Waals surface area contributed by atoms with E-state index in [4.69, 9.17) is 4.74 Å². The molecule has 3 fully saturated rings. The molecule has 0 aromatic rings. The normalized spacial score (nSPS) is 41.4. The van der Waals surface area contributed by atoms with Crippen LogP contribution in [0.4, 0.5) is 0 Å². The molecule has 0 radical (unpaired) electrons. The molecular weight excluding hydrogens is 220 g/mol. The number of rotatable bonds is 3. The van der Waals surface area contributed by atoms with Gasteiger partial charge in [0.05, 0.1) is 11.7 Å². The Labute approximate surface area is 102 Å². The topological polar surface area (TPSA) is 29.5 Å². The number of aliphatic hydroxyl groups excluding tert-OH is 1. The Bertz CT molecular complexity index is 246. The van der Waals surface area contributed by atoms with Crippen molar-refractivity contribution in [3.63, 3.8) is 0 Å². The lowest BCUT2D eigenvalue weighted by Gasteiger charge is -2.38. The van der Waals surface area contributed by atoms with E-state index in [9.17, 15) is 5.11 Å². The molecule has 3 atom stereocenters. The third-order valence-electron chi connectivity index (χ3n) is 4.40. The molecule has 2 aliphatic heterocycles. The molecule has 0 aromatic carbocycles. The van der Waals surface area contributed by atoms with Crippen LogP contribution in [0.15, 0.2) is 0 Å². The van der Waals surface area contributed by atoms with Gasteiger partial charge in [-0.2, -0.15) is 11.8 Å². The average Bonchev–Trinajstić information content (AvgIpc) is 3.03. The average molecular weight is 242 g/mol. The second-order valence-corrected chi connectivity index (χ2v) is 6.94. The highest BCUT2D eigenvalue weighted by atomic mass is 32.2. The lowest BCUT2D eigenvalue weighted by atomic mass is 9.82. The predicted octanol–water partition coefficient (Wildman–Crippen LogP) is 2.45. The number of hydrogen-bond donors (Lipinski definition) is 1. The highest BCUT2D eigenvalue weighted by molar-refractivity contribution is 7.99. The van der Waals surface area contributed by atoms with Crippen LogP contribution in [0.5, 0.6) is 0 Å². The molecule has 0 bridgehead atoms. The minimum atomic E-state index is -0.0193. The van der Waals surface area contributed by atoms with Crippen LogP contribution >= 0.6 is 11.8 Å². The van der Waals surface area contributed by atoms with E-state index in [0.29, 0.717) is 11.8 Å². The second kappa shape index (κ2) is 4.51. The highest BCUT2D eigenvalue weighted by Gasteiger charge is 2.41. The molecule has 3 heteroatoms. The summed E-state index contributed by atoms with van der Waals surface area (Å²) in [5.74, 6) is 3.79. The van der Waals surface area contributed by atoms with E-state index in [-0.39, 0.29) is 11.7 Å². The number of ether oxygens (including phenoxy) is 1. The molecule has 1 spiro atoms. The van der Waals surface area contributed by atoms with Crippen molar-refractivity contribution in [1.29, 1.82) is 0 Å². The summed E-state index contributed by atoms with van der Waals surface area (Å²) in [7, 11) is 0. The van der Waals surface area contributed by atoms with E-state index in [2.05, 4.69) is 0 Å². The van der Waals surface area contributed by atoms with Crippen molar-refractivity contribution in [3.05, 3.63) is 0 Å². The third kappa shape index (κ3) is 2.41. The van der Waals surface area contributed by atoms with Crippen molar-refractivity contribution in [2.75, 3.05) is 18.1 Å². The van der Waals surface area contributed by atoms with E-state index < -0.39 is 0 Å². The molecule has 1 aliphatic carbocycles. The van der Waals surface area contributed by atoms with Gasteiger partial charge in [0, 0.05) is 12.4 Å². The summed E-state index contributed by atoms with van der Waals surface area (Å²) >= 11 is 2.03. The molecule has 1 saturated carbocycles. The Kier molecular flexibility index (Phi) is 3.20. The van der Waals surface area contributed by atoms with Crippen molar-refractivity contribution in [3.8, 4) is 0 Å². The zero-order chi connectivity index (χ0) is 11.0. The van der Waals surface area contributed by atoms with Crippen molar-refractivity contribution in [1.82, 2.24) is 0 Å². The fourth-order valence-corrected chi connectivity index (χ4v) is 4.59. The van der Waals surface area contributed by atoms with Crippen LogP contribution < -0.4 is 0 Å². The number of aliphatic hydroxyl groups is 1. The van der Waals surface area contributed by atoms with Crippen molar-refractivity contribution in [2.45, 2.75) is 50.2 Å². The SMILES string of the molecule is OC(CC1CCOC2(CCSC2)C1)C1CC1. The molecule has 3 unspecified atom stereocenters. The zero-order valence-electron chi connectivity index (χ0n) is 9.86. The van der Waals surface area contributed by atoms with Gasteiger partial charge < -0.3 is 9.84 Å². The Morgan fingerprint density at radius 2 is 2.25 bits per heavy atom. The van der Waals surface area contributed by atoms with Crippen molar-refractivity contribution >= 4 is 11.8 Å². The van der Waals surface area contributed by atoms with Crippen LogP contribution in [-0.4, -0.2) is 34.9 Å². The molecule has 2 nitrogen and oxygen atoms in total. The first-order valence-corrected chi connectivity index (χ1v) is 7.83. The maximum Gasteiger partial charge on any atom is 0.0783 e. The number of thioether (sulfide) groups is 1.